The SMILES string of the molecule is Cc1ccc(C(C)NS(=O)(=O)c2cc(Cl)c(Cl)cc2Cl)cc1. The molecule has 0 aliphatic heterocycles. The van der Waals surface area contributed by atoms with E-state index in [0.29, 0.717) is 0 Å². The van der Waals surface area contributed by atoms with Gasteiger partial charge in [0.05, 0.1) is 15.1 Å². The number of hydrogen-bond donors (Lipinski definition) is 1. The molecule has 0 saturated heterocycles. The van der Waals surface area contributed by atoms with E-state index < -0.39 is 16.1 Å². The molecule has 0 bridgehead atoms. The molecule has 2 rings (SSSR count). The highest BCUT2D eigenvalue weighted by molar-refractivity contribution is 7.89. The Hall–Kier alpha value is -0.780. The quantitative estimate of drug-likeness (QED) is 0.761. The van der Waals surface area contributed by atoms with Crippen molar-refractivity contribution in [1.82, 2.24) is 4.72 Å². The number of sulfonamides is 1. The second-order valence-corrected chi connectivity index (χ2v) is 7.85. The first-order valence-corrected chi connectivity index (χ1v) is 9.06. The van der Waals surface area contributed by atoms with Gasteiger partial charge in [-0.05, 0) is 31.5 Å². The zero-order chi connectivity index (χ0) is 16.5. The van der Waals surface area contributed by atoms with E-state index >= 15 is 0 Å². The maximum Gasteiger partial charge on any atom is 0.242 e. The monoisotopic (exact) mass is 377 g/mol. The highest BCUT2D eigenvalue weighted by Crippen LogP contribution is 2.32. The van der Waals surface area contributed by atoms with E-state index in [9.17, 15) is 8.42 Å². The van der Waals surface area contributed by atoms with Crippen LogP contribution >= 0.6 is 34.8 Å². The Morgan fingerprint density at radius 2 is 1.50 bits per heavy atom. The van der Waals surface area contributed by atoms with E-state index in [1.165, 1.54) is 12.1 Å². The van der Waals surface area contributed by atoms with Crippen LogP contribution in [0.1, 0.15) is 24.1 Å². The number of rotatable bonds is 4. The lowest BCUT2D eigenvalue weighted by molar-refractivity contribution is 0.567. The molecule has 0 heterocycles. The lowest BCUT2D eigenvalue weighted by Crippen LogP contribution is -2.27. The minimum Gasteiger partial charge on any atom is -0.207 e. The van der Waals surface area contributed by atoms with Crippen LogP contribution in [-0.2, 0) is 10.0 Å². The average molecular weight is 379 g/mol. The molecule has 0 spiro atoms. The molecule has 3 nitrogen and oxygen atoms in total. The molecular formula is C15H14Cl3NO2S. The van der Waals surface area contributed by atoms with Crippen molar-refractivity contribution < 1.29 is 8.42 Å². The summed E-state index contributed by atoms with van der Waals surface area (Å²) in [6, 6.07) is 9.75. The second kappa shape index (κ2) is 6.77. The van der Waals surface area contributed by atoms with Crippen LogP contribution in [0.3, 0.4) is 0 Å². The summed E-state index contributed by atoms with van der Waals surface area (Å²) < 4.78 is 27.5. The van der Waals surface area contributed by atoms with E-state index in [1.54, 1.807) is 6.92 Å². The lowest BCUT2D eigenvalue weighted by atomic mass is 10.1. The summed E-state index contributed by atoms with van der Waals surface area (Å²) in [6.45, 7) is 3.72. The summed E-state index contributed by atoms with van der Waals surface area (Å²) in [6.07, 6.45) is 0. The van der Waals surface area contributed by atoms with Crippen LogP contribution in [0.2, 0.25) is 15.1 Å². The van der Waals surface area contributed by atoms with Crippen LogP contribution in [0.25, 0.3) is 0 Å². The van der Waals surface area contributed by atoms with Crippen molar-refractivity contribution >= 4 is 44.8 Å². The number of aryl methyl sites for hydroxylation is 1. The van der Waals surface area contributed by atoms with Gasteiger partial charge in [0, 0.05) is 6.04 Å². The fourth-order valence-corrected chi connectivity index (χ4v) is 4.16. The Bertz CT molecular complexity index is 789. The van der Waals surface area contributed by atoms with Gasteiger partial charge in [0.15, 0.2) is 0 Å². The van der Waals surface area contributed by atoms with Gasteiger partial charge in [-0.25, -0.2) is 13.1 Å². The van der Waals surface area contributed by atoms with Gasteiger partial charge < -0.3 is 0 Å². The van der Waals surface area contributed by atoms with Crippen molar-refractivity contribution in [1.29, 1.82) is 0 Å². The van der Waals surface area contributed by atoms with Crippen molar-refractivity contribution in [3.8, 4) is 0 Å². The van der Waals surface area contributed by atoms with Gasteiger partial charge in [-0.2, -0.15) is 0 Å². The van der Waals surface area contributed by atoms with Gasteiger partial charge in [0.25, 0.3) is 0 Å². The standard InChI is InChI=1S/C15H14Cl3NO2S/c1-9-3-5-11(6-4-9)10(2)19-22(20,21)15-8-13(17)12(16)7-14(15)18/h3-8,10,19H,1-2H3. The molecule has 0 aliphatic carbocycles. The highest BCUT2D eigenvalue weighted by Gasteiger charge is 2.22. The topological polar surface area (TPSA) is 46.2 Å². The molecule has 0 amide bonds. The molecule has 0 aromatic heterocycles. The Kier molecular flexibility index (Phi) is 5.41. The minimum absolute atomic E-state index is 0.0259. The Morgan fingerprint density at radius 3 is 2.09 bits per heavy atom. The van der Waals surface area contributed by atoms with Crippen LogP contribution in [0.5, 0.6) is 0 Å². The third-order valence-electron chi connectivity index (χ3n) is 3.17. The maximum absolute atomic E-state index is 12.5. The molecule has 0 aliphatic rings. The van der Waals surface area contributed by atoms with Gasteiger partial charge >= 0.3 is 0 Å². The average Bonchev–Trinajstić information content (AvgIpc) is 2.42. The molecule has 2 aromatic rings. The van der Waals surface area contributed by atoms with Crippen molar-refractivity contribution in [3.63, 3.8) is 0 Å². The van der Waals surface area contributed by atoms with Crippen molar-refractivity contribution in [2.75, 3.05) is 0 Å². The molecule has 118 valence electrons. The van der Waals surface area contributed by atoms with E-state index in [-0.39, 0.29) is 20.0 Å². The second-order valence-electron chi connectivity index (χ2n) is 4.95. The molecule has 22 heavy (non-hydrogen) atoms. The van der Waals surface area contributed by atoms with Crippen molar-refractivity contribution in [2.24, 2.45) is 0 Å². The summed E-state index contributed by atoms with van der Waals surface area (Å²) in [5.74, 6) is 0. The molecule has 0 radical (unpaired) electrons. The maximum atomic E-state index is 12.5. The van der Waals surface area contributed by atoms with Crippen molar-refractivity contribution in [2.45, 2.75) is 24.8 Å². The summed E-state index contributed by atoms with van der Waals surface area (Å²) in [5, 5.41) is 0.365. The summed E-state index contributed by atoms with van der Waals surface area (Å²) >= 11 is 17.7. The predicted molar refractivity (Wildman–Crippen MR) is 91.4 cm³/mol. The Balaban J connectivity index is 2.31. The third-order valence-corrected chi connectivity index (χ3v) is 5.90. The smallest absolute Gasteiger partial charge is 0.207 e. The number of hydrogen-bond acceptors (Lipinski definition) is 2. The van der Waals surface area contributed by atoms with Crippen LogP contribution in [-0.4, -0.2) is 8.42 Å². The molecule has 1 atom stereocenters. The summed E-state index contributed by atoms with van der Waals surface area (Å²) in [4.78, 5) is -0.0949. The molecular weight excluding hydrogens is 365 g/mol. The van der Waals surface area contributed by atoms with E-state index in [1.807, 2.05) is 31.2 Å². The van der Waals surface area contributed by atoms with Crippen LogP contribution in [0.4, 0.5) is 0 Å². The van der Waals surface area contributed by atoms with E-state index in [2.05, 4.69) is 4.72 Å². The van der Waals surface area contributed by atoms with Crippen LogP contribution in [0, 0.1) is 6.92 Å². The van der Waals surface area contributed by atoms with E-state index in [0.717, 1.165) is 11.1 Å². The fourth-order valence-electron chi connectivity index (χ4n) is 1.93. The predicted octanol–water partition coefficient (Wildman–Crippen LogP) is 4.99. The highest BCUT2D eigenvalue weighted by atomic mass is 35.5. The molecule has 1 unspecified atom stereocenters. The summed E-state index contributed by atoms with van der Waals surface area (Å²) in [7, 11) is -3.81. The molecule has 2 aromatic carbocycles. The zero-order valence-electron chi connectivity index (χ0n) is 11.9. The number of nitrogens with one attached hydrogen (secondary N) is 1. The Labute approximate surface area is 145 Å². The number of halogens is 3. The normalized spacial score (nSPS) is 13.1. The zero-order valence-corrected chi connectivity index (χ0v) is 15.0. The fraction of sp³-hybridized carbons (Fsp3) is 0.200. The van der Waals surface area contributed by atoms with Gasteiger partial charge in [-0.1, -0.05) is 64.6 Å². The third kappa shape index (κ3) is 3.94. The first-order valence-electron chi connectivity index (χ1n) is 6.44. The van der Waals surface area contributed by atoms with Gasteiger partial charge in [0.1, 0.15) is 4.90 Å². The first-order chi connectivity index (χ1) is 10.2. The minimum atomic E-state index is -3.81. The van der Waals surface area contributed by atoms with Crippen molar-refractivity contribution in [3.05, 3.63) is 62.6 Å². The number of benzene rings is 2. The summed E-state index contributed by atoms with van der Waals surface area (Å²) in [5.41, 5.74) is 1.96. The lowest BCUT2D eigenvalue weighted by Gasteiger charge is -2.16. The largest absolute Gasteiger partial charge is 0.242 e. The van der Waals surface area contributed by atoms with Gasteiger partial charge in [0.2, 0.25) is 10.0 Å². The molecule has 0 saturated carbocycles. The van der Waals surface area contributed by atoms with Crippen LogP contribution in [0.15, 0.2) is 41.3 Å². The van der Waals surface area contributed by atoms with Gasteiger partial charge in [-0.15, -0.1) is 0 Å². The molecule has 7 heteroatoms. The van der Waals surface area contributed by atoms with E-state index in [4.69, 9.17) is 34.8 Å². The van der Waals surface area contributed by atoms with Crippen LogP contribution < -0.4 is 4.72 Å². The Morgan fingerprint density at radius 1 is 0.955 bits per heavy atom. The van der Waals surface area contributed by atoms with Gasteiger partial charge in [-0.3, -0.25) is 0 Å². The molecule has 0 fully saturated rings. The first kappa shape index (κ1) is 17.6. The molecule has 1 N–H and O–H groups in total.